The molecule has 1 aliphatic rings. The number of ether oxygens (including phenoxy) is 1. The van der Waals surface area contributed by atoms with Crippen molar-refractivity contribution in [1.82, 2.24) is 4.57 Å². The van der Waals surface area contributed by atoms with Gasteiger partial charge in [0.25, 0.3) is 0 Å². The SMILES string of the molecule is CCOC(=O)c1c(NC(=O)C(C)Sc2cn(Cc3ccccc3Cl)c3ccccc23)sc2c1CCC2. The second-order valence-electron chi connectivity index (χ2n) is 8.76. The van der Waals surface area contributed by atoms with E-state index in [-0.39, 0.29) is 17.1 Å². The Labute approximate surface area is 223 Å². The lowest BCUT2D eigenvalue weighted by Crippen LogP contribution is -2.23. The van der Waals surface area contributed by atoms with Crippen LogP contribution >= 0.6 is 34.7 Å². The average Bonchev–Trinajstić information content (AvgIpc) is 3.54. The molecule has 2 heterocycles. The van der Waals surface area contributed by atoms with E-state index < -0.39 is 0 Å². The molecule has 4 aromatic rings. The Balaban J connectivity index is 1.37. The second kappa shape index (κ2) is 10.7. The summed E-state index contributed by atoms with van der Waals surface area (Å²) < 4.78 is 7.47. The number of hydrogen-bond acceptors (Lipinski definition) is 5. The first kappa shape index (κ1) is 24.9. The van der Waals surface area contributed by atoms with E-state index in [1.54, 1.807) is 6.92 Å². The zero-order chi connectivity index (χ0) is 25.2. The number of thiophene rings is 1. The summed E-state index contributed by atoms with van der Waals surface area (Å²) in [6.45, 7) is 4.64. The van der Waals surface area contributed by atoms with Crippen LogP contribution in [0.3, 0.4) is 0 Å². The maximum atomic E-state index is 13.3. The number of fused-ring (bicyclic) bond motifs is 2. The van der Waals surface area contributed by atoms with Crippen molar-refractivity contribution < 1.29 is 14.3 Å². The van der Waals surface area contributed by atoms with Gasteiger partial charge in [0.15, 0.2) is 0 Å². The predicted octanol–water partition coefficient (Wildman–Crippen LogP) is 7.19. The van der Waals surface area contributed by atoms with Crippen LogP contribution in [0.1, 0.15) is 46.6 Å². The van der Waals surface area contributed by atoms with Gasteiger partial charge in [-0.1, -0.05) is 48.0 Å². The van der Waals surface area contributed by atoms with E-state index in [1.165, 1.54) is 28.0 Å². The van der Waals surface area contributed by atoms with Gasteiger partial charge in [0, 0.05) is 38.4 Å². The van der Waals surface area contributed by atoms with Crippen molar-refractivity contribution >= 4 is 62.5 Å². The molecule has 1 amide bonds. The van der Waals surface area contributed by atoms with Crippen molar-refractivity contribution in [2.24, 2.45) is 0 Å². The lowest BCUT2D eigenvalue weighted by molar-refractivity contribution is -0.115. The van der Waals surface area contributed by atoms with E-state index in [0.717, 1.165) is 51.2 Å². The number of aromatic nitrogens is 1. The molecule has 36 heavy (non-hydrogen) atoms. The van der Waals surface area contributed by atoms with Crippen LogP contribution in [0.5, 0.6) is 0 Å². The molecular weight excluding hydrogens is 512 g/mol. The molecule has 186 valence electrons. The fourth-order valence-electron chi connectivity index (χ4n) is 4.62. The van der Waals surface area contributed by atoms with E-state index in [2.05, 4.69) is 28.2 Å². The van der Waals surface area contributed by atoms with Gasteiger partial charge in [-0.3, -0.25) is 4.79 Å². The van der Waals surface area contributed by atoms with Crippen LogP contribution in [0, 0.1) is 0 Å². The minimum Gasteiger partial charge on any atom is -0.462 e. The first-order valence-electron chi connectivity index (χ1n) is 12.1. The number of rotatable bonds is 8. The summed E-state index contributed by atoms with van der Waals surface area (Å²) in [4.78, 5) is 28.1. The third-order valence-electron chi connectivity index (χ3n) is 6.36. The number of hydrogen-bond donors (Lipinski definition) is 1. The van der Waals surface area contributed by atoms with Gasteiger partial charge in [-0.15, -0.1) is 23.1 Å². The normalized spacial score (nSPS) is 13.5. The van der Waals surface area contributed by atoms with Crippen LogP contribution < -0.4 is 5.32 Å². The Morgan fingerprint density at radius 3 is 2.75 bits per heavy atom. The fraction of sp³-hybridized carbons (Fsp3) is 0.286. The molecule has 0 radical (unpaired) electrons. The summed E-state index contributed by atoms with van der Waals surface area (Å²) in [5, 5.41) is 5.11. The molecule has 5 nitrogen and oxygen atoms in total. The summed E-state index contributed by atoms with van der Waals surface area (Å²) in [6, 6.07) is 16.0. The van der Waals surface area contributed by atoms with Crippen LogP contribution in [-0.4, -0.2) is 28.3 Å². The maximum absolute atomic E-state index is 13.3. The maximum Gasteiger partial charge on any atom is 0.341 e. The highest BCUT2D eigenvalue weighted by Crippen LogP contribution is 2.40. The molecule has 1 aliphatic carbocycles. The summed E-state index contributed by atoms with van der Waals surface area (Å²) in [7, 11) is 0. The summed E-state index contributed by atoms with van der Waals surface area (Å²) >= 11 is 9.43. The molecule has 0 saturated carbocycles. The largest absolute Gasteiger partial charge is 0.462 e. The van der Waals surface area contributed by atoms with Gasteiger partial charge in [0.05, 0.1) is 17.4 Å². The number of halogens is 1. The lowest BCUT2D eigenvalue weighted by Gasteiger charge is -2.12. The molecule has 1 atom stereocenters. The number of anilines is 1. The number of aryl methyl sites for hydroxylation is 1. The molecule has 2 aromatic heterocycles. The van der Waals surface area contributed by atoms with E-state index in [9.17, 15) is 9.59 Å². The molecule has 8 heteroatoms. The molecular formula is C28H27ClN2O3S2. The number of esters is 1. The fourth-order valence-corrected chi connectivity index (χ4v) is 7.13. The van der Waals surface area contributed by atoms with Gasteiger partial charge in [-0.25, -0.2) is 4.79 Å². The molecule has 5 rings (SSSR count). The van der Waals surface area contributed by atoms with Gasteiger partial charge in [-0.05, 0) is 56.4 Å². The van der Waals surface area contributed by atoms with E-state index in [4.69, 9.17) is 16.3 Å². The van der Waals surface area contributed by atoms with Crippen LogP contribution in [0.2, 0.25) is 5.02 Å². The zero-order valence-electron chi connectivity index (χ0n) is 20.2. The smallest absolute Gasteiger partial charge is 0.341 e. The monoisotopic (exact) mass is 538 g/mol. The number of benzene rings is 2. The van der Waals surface area contributed by atoms with Crippen molar-refractivity contribution in [1.29, 1.82) is 0 Å². The number of carbonyl (C=O) groups is 2. The highest BCUT2D eigenvalue weighted by molar-refractivity contribution is 8.00. The Kier molecular flexibility index (Phi) is 7.42. The lowest BCUT2D eigenvalue weighted by atomic mass is 10.1. The quantitative estimate of drug-likeness (QED) is 0.190. The van der Waals surface area contributed by atoms with Crippen LogP contribution in [0.15, 0.2) is 59.6 Å². The van der Waals surface area contributed by atoms with Crippen molar-refractivity contribution in [3.63, 3.8) is 0 Å². The molecule has 0 spiro atoms. The highest BCUT2D eigenvalue weighted by Gasteiger charge is 2.29. The second-order valence-corrected chi connectivity index (χ2v) is 11.7. The molecule has 1 unspecified atom stereocenters. The third kappa shape index (κ3) is 4.92. The number of amides is 1. The van der Waals surface area contributed by atoms with Crippen molar-refractivity contribution in [3.05, 3.63) is 81.3 Å². The molecule has 0 aliphatic heterocycles. The Bertz CT molecular complexity index is 1440. The van der Waals surface area contributed by atoms with Gasteiger partial charge < -0.3 is 14.6 Å². The number of thioether (sulfide) groups is 1. The number of para-hydroxylation sites is 1. The zero-order valence-corrected chi connectivity index (χ0v) is 22.6. The molecule has 0 bridgehead atoms. The summed E-state index contributed by atoms with van der Waals surface area (Å²) in [5.74, 6) is -0.483. The third-order valence-corrected chi connectivity index (χ3v) is 9.08. The Morgan fingerprint density at radius 2 is 1.94 bits per heavy atom. The average molecular weight is 539 g/mol. The van der Waals surface area contributed by atoms with Gasteiger partial charge in [0.2, 0.25) is 5.91 Å². The summed E-state index contributed by atoms with van der Waals surface area (Å²) in [5.41, 5.74) is 3.71. The van der Waals surface area contributed by atoms with E-state index >= 15 is 0 Å². The Morgan fingerprint density at radius 1 is 1.17 bits per heavy atom. The van der Waals surface area contributed by atoms with Crippen LogP contribution in [0.4, 0.5) is 5.00 Å². The van der Waals surface area contributed by atoms with Crippen LogP contribution in [-0.2, 0) is 28.9 Å². The van der Waals surface area contributed by atoms with Crippen molar-refractivity contribution in [2.45, 2.75) is 49.8 Å². The molecule has 2 aromatic carbocycles. The number of nitrogens with one attached hydrogen (secondary N) is 1. The highest BCUT2D eigenvalue weighted by atomic mass is 35.5. The minimum absolute atomic E-state index is 0.131. The van der Waals surface area contributed by atoms with E-state index in [1.807, 2.05) is 43.3 Å². The predicted molar refractivity (Wildman–Crippen MR) is 149 cm³/mol. The number of nitrogens with zero attached hydrogens (tertiary/aromatic N) is 1. The molecule has 1 N–H and O–H groups in total. The van der Waals surface area contributed by atoms with Gasteiger partial charge in [0.1, 0.15) is 5.00 Å². The van der Waals surface area contributed by atoms with Crippen LogP contribution in [0.25, 0.3) is 10.9 Å². The topological polar surface area (TPSA) is 60.3 Å². The number of carbonyl (C=O) groups excluding carboxylic acids is 2. The molecule has 0 fully saturated rings. The Hall–Kier alpha value is -2.74. The van der Waals surface area contributed by atoms with Gasteiger partial charge >= 0.3 is 5.97 Å². The van der Waals surface area contributed by atoms with Crippen molar-refractivity contribution in [2.75, 3.05) is 11.9 Å². The molecule has 0 saturated heterocycles. The first-order chi connectivity index (χ1) is 17.5. The van der Waals surface area contributed by atoms with Gasteiger partial charge in [-0.2, -0.15) is 0 Å². The van der Waals surface area contributed by atoms with Crippen molar-refractivity contribution in [3.8, 4) is 0 Å². The minimum atomic E-state index is -0.364. The standard InChI is InChI=1S/C28H27ClN2O3S2/c1-3-34-28(33)25-20-11-8-14-23(20)36-27(25)30-26(32)17(2)35-24-16-31(22-13-7-5-10-19(22)24)15-18-9-4-6-12-21(18)29/h4-7,9-10,12-13,16-17H,3,8,11,14-15H2,1-2H3,(H,30,32). The van der Waals surface area contributed by atoms with E-state index in [0.29, 0.717) is 23.7 Å². The first-order valence-corrected chi connectivity index (χ1v) is 14.1. The summed E-state index contributed by atoms with van der Waals surface area (Å²) in [6.07, 6.45) is 4.92.